The van der Waals surface area contributed by atoms with Crippen molar-refractivity contribution in [3.63, 3.8) is 0 Å². The summed E-state index contributed by atoms with van der Waals surface area (Å²) in [6, 6.07) is -0.197. The number of hydrogen-bond acceptors (Lipinski definition) is 5. The van der Waals surface area contributed by atoms with Crippen LogP contribution in [-0.2, 0) is 21.8 Å². The second-order valence-corrected chi connectivity index (χ2v) is 6.42. The average Bonchev–Trinajstić information content (AvgIpc) is 2.77. The van der Waals surface area contributed by atoms with Crippen LogP contribution in [-0.4, -0.2) is 54.3 Å². The lowest BCUT2D eigenvalue weighted by molar-refractivity contribution is -0.0120. The third-order valence-electron chi connectivity index (χ3n) is 2.96. The number of hydrogen-bond donors (Lipinski definition) is 1. The van der Waals surface area contributed by atoms with E-state index in [4.69, 9.17) is 10.5 Å². The van der Waals surface area contributed by atoms with E-state index in [0.29, 0.717) is 13.2 Å². The molecule has 0 amide bonds. The molecule has 1 aliphatic rings. The standard InChI is InChI=1S/C10H18N4O3S/c1-8(11)10-7-14(3-4-17-10)18(15,16)9-5-12-13(2)6-9/h5-6,8,10H,3-4,7,11H2,1-2H3. The maximum absolute atomic E-state index is 12.3. The normalized spacial score (nSPS) is 24.1. The Bertz CT molecular complexity index is 511. The first-order valence-corrected chi connectivity index (χ1v) is 7.21. The van der Waals surface area contributed by atoms with E-state index in [2.05, 4.69) is 5.10 Å². The van der Waals surface area contributed by atoms with Gasteiger partial charge in [-0.15, -0.1) is 0 Å². The van der Waals surface area contributed by atoms with Crippen LogP contribution in [0.25, 0.3) is 0 Å². The number of morpholine rings is 1. The molecule has 1 fully saturated rings. The van der Waals surface area contributed by atoms with E-state index in [1.54, 1.807) is 7.05 Å². The van der Waals surface area contributed by atoms with E-state index in [9.17, 15) is 8.42 Å². The van der Waals surface area contributed by atoms with Crippen LogP contribution in [0.15, 0.2) is 17.3 Å². The Morgan fingerprint density at radius 1 is 1.61 bits per heavy atom. The fourth-order valence-electron chi connectivity index (χ4n) is 1.87. The zero-order valence-electron chi connectivity index (χ0n) is 10.5. The van der Waals surface area contributed by atoms with Gasteiger partial charge in [-0.05, 0) is 6.92 Å². The van der Waals surface area contributed by atoms with Gasteiger partial charge in [-0.2, -0.15) is 9.40 Å². The smallest absolute Gasteiger partial charge is 0.246 e. The number of ether oxygens (including phenoxy) is 1. The first-order chi connectivity index (χ1) is 8.41. The molecule has 2 atom stereocenters. The predicted octanol–water partition coefficient (Wildman–Crippen LogP) is -0.843. The summed E-state index contributed by atoms with van der Waals surface area (Å²) in [6.45, 7) is 2.81. The third-order valence-corrected chi connectivity index (χ3v) is 4.78. The minimum Gasteiger partial charge on any atom is -0.374 e. The Kier molecular flexibility index (Phi) is 3.71. The molecule has 1 aromatic rings. The number of aromatic nitrogens is 2. The van der Waals surface area contributed by atoms with Crippen molar-refractivity contribution in [2.45, 2.75) is 24.0 Å². The van der Waals surface area contributed by atoms with Crippen molar-refractivity contribution in [2.75, 3.05) is 19.7 Å². The molecular weight excluding hydrogens is 256 g/mol. The topological polar surface area (TPSA) is 90.5 Å². The third kappa shape index (κ3) is 2.56. The van der Waals surface area contributed by atoms with Gasteiger partial charge in [-0.25, -0.2) is 8.42 Å². The fourth-order valence-corrected chi connectivity index (χ4v) is 3.29. The molecule has 0 spiro atoms. The predicted molar refractivity (Wildman–Crippen MR) is 65.4 cm³/mol. The Hall–Kier alpha value is -0.960. The van der Waals surface area contributed by atoms with Gasteiger partial charge < -0.3 is 10.5 Å². The van der Waals surface area contributed by atoms with E-state index in [0.717, 1.165) is 0 Å². The molecular formula is C10H18N4O3S. The Balaban J connectivity index is 2.20. The number of sulfonamides is 1. The van der Waals surface area contributed by atoms with Gasteiger partial charge >= 0.3 is 0 Å². The van der Waals surface area contributed by atoms with Crippen molar-refractivity contribution in [3.8, 4) is 0 Å². The lowest BCUT2D eigenvalue weighted by Crippen LogP contribution is -2.51. The highest BCUT2D eigenvalue weighted by Crippen LogP contribution is 2.18. The van der Waals surface area contributed by atoms with Crippen LogP contribution < -0.4 is 5.73 Å². The second-order valence-electron chi connectivity index (χ2n) is 4.48. The summed E-state index contributed by atoms with van der Waals surface area (Å²) in [4.78, 5) is 0.204. The molecule has 18 heavy (non-hydrogen) atoms. The van der Waals surface area contributed by atoms with E-state index in [1.165, 1.54) is 21.4 Å². The molecule has 2 unspecified atom stereocenters. The summed E-state index contributed by atoms with van der Waals surface area (Å²) in [5, 5.41) is 3.89. The molecule has 2 heterocycles. The van der Waals surface area contributed by atoms with Crippen molar-refractivity contribution >= 4 is 10.0 Å². The second kappa shape index (κ2) is 4.96. The summed E-state index contributed by atoms with van der Waals surface area (Å²) >= 11 is 0. The van der Waals surface area contributed by atoms with Gasteiger partial charge in [-0.1, -0.05) is 0 Å². The Morgan fingerprint density at radius 2 is 2.33 bits per heavy atom. The molecule has 0 bridgehead atoms. The first kappa shape index (κ1) is 13.5. The summed E-state index contributed by atoms with van der Waals surface area (Å²) in [5.74, 6) is 0. The summed E-state index contributed by atoms with van der Waals surface area (Å²) in [7, 11) is -1.81. The number of nitrogens with zero attached hydrogens (tertiary/aromatic N) is 3. The van der Waals surface area contributed by atoms with Gasteiger partial charge in [0.1, 0.15) is 4.90 Å². The summed E-state index contributed by atoms with van der Waals surface area (Å²) in [6.07, 6.45) is 2.59. The van der Waals surface area contributed by atoms with E-state index in [1.807, 2.05) is 6.92 Å². The van der Waals surface area contributed by atoms with Crippen LogP contribution in [0.3, 0.4) is 0 Å². The first-order valence-electron chi connectivity index (χ1n) is 5.77. The summed E-state index contributed by atoms with van der Waals surface area (Å²) < 4.78 is 33.0. The van der Waals surface area contributed by atoms with Crippen molar-refractivity contribution in [2.24, 2.45) is 12.8 Å². The molecule has 2 rings (SSSR count). The van der Waals surface area contributed by atoms with Gasteiger partial charge in [0, 0.05) is 32.4 Å². The monoisotopic (exact) mass is 274 g/mol. The number of aryl methyl sites for hydroxylation is 1. The highest BCUT2D eigenvalue weighted by molar-refractivity contribution is 7.89. The molecule has 1 aliphatic heterocycles. The molecule has 2 N–H and O–H groups in total. The quantitative estimate of drug-likeness (QED) is 0.776. The molecule has 7 nitrogen and oxygen atoms in total. The van der Waals surface area contributed by atoms with Gasteiger partial charge in [0.25, 0.3) is 0 Å². The molecule has 0 aliphatic carbocycles. The number of rotatable bonds is 3. The highest BCUT2D eigenvalue weighted by Gasteiger charge is 2.32. The largest absolute Gasteiger partial charge is 0.374 e. The van der Waals surface area contributed by atoms with Crippen molar-refractivity contribution < 1.29 is 13.2 Å². The van der Waals surface area contributed by atoms with Crippen molar-refractivity contribution in [1.29, 1.82) is 0 Å². The molecule has 8 heteroatoms. The maximum atomic E-state index is 12.3. The van der Waals surface area contributed by atoms with Crippen LogP contribution in [0.5, 0.6) is 0 Å². The molecule has 0 saturated carbocycles. The Labute approximate surface area is 107 Å². The van der Waals surface area contributed by atoms with E-state index < -0.39 is 10.0 Å². The highest BCUT2D eigenvalue weighted by atomic mass is 32.2. The van der Waals surface area contributed by atoms with Crippen LogP contribution in [0.4, 0.5) is 0 Å². The van der Waals surface area contributed by atoms with Crippen LogP contribution in [0.1, 0.15) is 6.92 Å². The summed E-state index contributed by atoms with van der Waals surface area (Å²) in [5.41, 5.74) is 5.75. The van der Waals surface area contributed by atoms with Gasteiger partial charge in [0.15, 0.2) is 0 Å². The van der Waals surface area contributed by atoms with E-state index >= 15 is 0 Å². The lowest BCUT2D eigenvalue weighted by atomic mass is 10.2. The Morgan fingerprint density at radius 3 is 2.89 bits per heavy atom. The maximum Gasteiger partial charge on any atom is 0.246 e. The van der Waals surface area contributed by atoms with Gasteiger partial charge in [0.2, 0.25) is 10.0 Å². The minimum absolute atomic E-state index is 0.197. The zero-order chi connectivity index (χ0) is 13.3. The average molecular weight is 274 g/mol. The molecule has 0 aromatic carbocycles. The molecule has 1 aromatic heterocycles. The zero-order valence-corrected chi connectivity index (χ0v) is 11.3. The minimum atomic E-state index is -3.49. The van der Waals surface area contributed by atoms with Crippen LogP contribution >= 0.6 is 0 Å². The SMILES string of the molecule is CC(N)C1CN(S(=O)(=O)c2cnn(C)c2)CCO1. The van der Waals surface area contributed by atoms with E-state index in [-0.39, 0.29) is 23.6 Å². The van der Waals surface area contributed by atoms with Crippen LogP contribution in [0, 0.1) is 0 Å². The van der Waals surface area contributed by atoms with Gasteiger partial charge in [0.05, 0.1) is 18.9 Å². The fraction of sp³-hybridized carbons (Fsp3) is 0.700. The van der Waals surface area contributed by atoms with Crippen molar-refractivity contribution in [1.82, 2.24) is 14.1 Å². The molecule has 0 radical (unpaired) electrons. The molecule has 102 valence electrons. The lowest BCUT2D eigenvalue weighted by Gasteiger charge is -2.33. The van der Waals surface area contributed by atoms with Crippen molar-refractivity contribution in [3.05, 3.63) is 12.4 Å². The van der Waals surface area contributed by atoms with Crippen LogP contribution in [0.2, 0.25) is 0 Å². The van der Waals surface area contributed by atoms with Gasteiger partial charge in [-0.3, -0.25) is 4.68 Å². The molecule has 1 saturated heterocycles. The number of nitrogens with two attached hydrogens (primary N) is 1.